The Hall–Kier alpha value is -0.0800. The van der Waals surface area contributed by atoms with Gasteiger partial charge in [0.2, 0.25) is 10.0 Å². The van der Waals surface area contributed by atoms with Crippen LogP contribution in [0.25, 0.3) is 0 Å². The highest BCUT2D eigenvalue weighted by molar-refractivity contribution is 8.00. The predicted octanol–water partition coefficient (Wildman–Crippen LogP) is 2.41. The Bertz CT molecular complexity index is 485. The van der Waals surface area contributed by atoms with Crippen LogP contribution in [0.15, 0.2) is 15.7 Å². The van der Waals surface area contributed by atoms with Crippen molar-refractivity contribution in [1.29, 1.82) is 0 Å². The standard InChI is InChI=1S/C12H22N2O2S3/c1-4-12(5-2,17-3)9-14-19(15,16)11-6-10(7-13)8-18-11/h6,8,14H,4-5,7,9,13H2,1-3H3. The van der Waals surface area contributed by atoms with Crippen molar-refractivity contribution in [1.82, 2.24) is 4.72 Å². The molecule has 0 atom stereocenters. The molecule has 0 amide bonds. The summed E-state index contributed by atoms with van der Waals surface area (Å²) in [5.41, 5.74) is 6.36. The fourth-order valence-electron chi connectivity index (χ4n) is 1.76. The molecule has 0 aliphatic heterocycles. The fourth-order valence-corrected chi connectivity index (χ4v) is 5.04. The molecule has 0 spiro atoms. The third kappa shape index (κ3) is 4.19. The highest BCUT2D eigenvalue weighted by Gasteiger charge is 2.28. The van der Waals surface area contributed by atoms with Crippen LogP contribution in [0.1, 0.15) is 32.3 Å². The Balaban J connectivity index is 2.80. The Labute approximate surface area is 124 Å². The summed E-state index contributed by atoms with van der Waals surface area (Å²) < 4.78 is 27.5. The first kappa shape index (κ1) is 17.0. The topological polar surface area (TPSA) is 72.2 Å². The number of thioether (sulfide) groups is 1. The van der Waals surface area contributed by atoms with Crippen LogP contribution >= 0.6 is 23.1 Å². The third-order valence-electron chi connectivity index (χ3n) is 3.44. The van der Waals surface area contributed by atoms with Gasteiger partial charge in [-0.2, -0.15) is 11.8 Å². The van der Waals surface area contributed by atoms with Gasteiger partial charge in [-0.25, -0.2) is 13.1 Å². The van der Waals surface area contributed by atoms with Gasteiger partial charge in [-0.15, -0.1) is 11.3 Å². The third-order valence-corrected chi connectivity index (χ3v) is 7.91. The molecule has 0 bridgehead atoms. The molecule has 19 heavy (non-hydrogen) atoms. The van der Waals surface area contributed by atoms with Crippen molar-refractivity contribution in [3.05, 3.63) is 17.0 Å². The van der Waals surface area contributed by atoms with Crippen LogP contribution < -0.4 is 10.5 Å². The maximum absolute atomic E-state index is 12.2. The van der Waals surface area contributed by atoms with E-state index in [-0.39, 0.29) is 4.75 Å². The van der Waals surface area contributed by atoms with Gasteiger partial charge >= 0.3 is 0 Å². The number of nitrogens with one attached hydrogen (secondary N) is 1. The molecule has 110 valence electrons. The van der Waals surface area contributed by atoms with E-state index in [1.54, 1.807) is 23.2 Å². The Kier molecular flexibility index (Phi) is 6.32. The average molecular weight is 323 g/mol. The number of hydrogen-bond acceptors (Lipinski definition) is 5. The lowest BCUT2D eigenvalue weighted by atomic mass is 10.0. The first-order valence-corrected chi connectivity index (χ1v) is 9.84. The van der Waals surface area contributed by atoms with E-state index in [4.69, 9.17) is 5.73 Å². The van der Waals surface area contributed by atoms with E-state index in [0.29, 0.717) is 17.3 Å². The van der Waals surface area contributed by atoms with Gasteiger partial charge in [0.05, 0.1) is 0 Å². The molecule has 7 heteroatoms. The van der Waals surface area contributed by atoms with E-state index < -0.39 is 10.0 Å². The second-order valence-corrected chi connectivity index (χ2v) is 8.58. The zero-order chi connectivity index (χ0) is 14.5. The van der Waals surface area contributed by atoms with Crippen LogP contribution in [0.3, 0.4) is 0 Å². The zero-order valence-electron chi connectivity index (χ0n) is 11.6. The van der Waals surface area contributed by atoms with E-state index >= 15 is 0 Å². The van der Waals surface area contributed by atoms with Crippen LogP contribution in [0.4, 0.5) is 0 Å². The maximum Gasteiger partial charge on any atom is 0.250 e. The van der Waals surface area contributed by atoms with Crippen LogP contribution in [-0.2, 0) is 16.6 Å². The Morgan fingerprint density at radius 2 is 2.05 bits per heavy atom. The lowest BCUT2D eigenvalue weighted by Gasteiger charge is -2.29. The molecule has 4 nitrogen and oxygen atoms in total. The largest absolute Gasteiger partial charge is 0.326 e. The smallest absolute Gasteiger partial charge is 0.250 e. The fraction of sp³-hybridized carbons (Fsp3) is 0.667. The minimum atomic E-state index is -3.41. The molecule has 3 N–H and O–H groups in total. The monoisotopic (exact) mass is 322 g/mol. The Morgan fingerprint density at radius 1 is 1.42 bits per heavy atom. The van der Waals surface area contributed by atoms with Gasteiger partial charge in [0.15, 0.2) is 0 Å². The first-order valence-electron chi connectivity index (χ1n) is 6.25. The normalized spacial score (nSPS) is 12.8. The Morgan fingerprint density at radius 3 is 2.47 bits per heavy atom. The van der Waals surface area contributed by atoms with Crippen molar-refractivity contribution in [2.24, 2.45) is 5.73 Å². The van der Waals surface area contributed by atoms with E-state index in [1.165, 1.54) is 11.3 Å². The molecule has 1 aromatic heterocycles. The van der Waals surface area contributed by atoms with Gasteiger partial charge < -0.3 is 5.73 Å². The lowest BCUT2D eigenvalue weighted by Crippen LogP contribution is -2.39. The van der Waals surface area contributed by atoms with E-state index in [0.717, 1.165) is 18.4 Å². The molecule has 0 radical (unpaired) electrons. The summed E-state index contributed by atoms with van der Waals surface area (Å²) in [5.74, 6) is 0. The SMILES string of the molecule is CCC(CC)(CNS(=O)(=O)c1cc(CN)cs1)SC. The quantitative estimate of drug-likeness (QED) is 0.771. The van der Waals surface area contributed by atoms with Gasteiger partial charge in [0.1, 0.15) is 4.21 Å². The summed E-state index contributed by atoms with van der Waals surface area (Å²) in [6, 6.07) is 1.64. The van der Waals surface area contributed by atoms with E-state index in [2.05, 4.69) is 18.6 Å². The summed E-state index contributed by atoms with van der Waals surface area (Å²) in [7, 11) is -3.41. The first-order chi connectivity index (χ1) is 8.93. The van der Waals surface area contributed by atoms with Crippen LogP contribution in [-0.4, -0.2) is 26.0 Å². The number of thiophene rings is 1. The number of rotatable bonds is 8. The number of nitrogens with two attached hydrogens (primary N) is 1. The molecule has 1 heterocycles. The van der Waals surface area contributed by atoms with Crippen molar-refractivity contribution < 1.29 is 8.42 Å². The highest BCUT2D eigenvalue weighted by atomic mass is 32.2. The van der Waals surface area contributed by atoms with Crippen molar-refractivity contribution in [2.75, 3.05) is 12.8 Å². The van der Waals surface area contributed by atoms with Gasteiger partial charge in [-0.1, -0.05) is 13.8 Å². The van der Waals surface area contributed by atoms with Crippen molar-refractivity contribution >= 4 is 33.1 Å². The molecular weight excluding hydrogens is 300 g/mol. The molecule has 1 aromatic rings. The summed E-state index contributed by atoms with van der Waals surface area (Å²) in [4.78, 5) is 0. The highest BCUT2D eigenvalue weighted by Crippen LogP contribution is 2.30. The summed E-state index contributed by atoms with van der Waals surface area (Å²) >= 11 is 2.94. The second-order valence-electron chi connectivity index (χ2n) is 4.40. The van der Waals surface area contributed by atoms with E-state index in [1.807, 2.05) is 6.26 Å². The summed E-state index contributed by atoms with van der Waals surface area (Å²) in [6.07, 6.45) is 3.90. The van der Waals surface area contributed by atoms with Gasteiger partial charge in [-0.05, 0) is 36.1 Å². The molecule has 0 unspecified atom stereocenters. The molecule has 0 aromatic carbocycles. The van der Waals surface area contributed by atoms with Crippen LogP contribution in [0, 0.1) is 0 Å². The minimum absolute atomic E-state index is 0.0268. The maximum atomic E-state index is 12.2. The number of sulfonamides is 1. The molecule has 1 rings (SSSR count). The van der Waals surface area contributed by atoms with Gasteiger partial charge in [0.25, 0.3) is 0 Å². The molecule has 0 saturated carbocycles. The van der Waals surface area contributed by atoms with Gasteiger partial charge in [0, 0.05) is 17.8 Å². The molecular formula is C12H22N2O2S3. The molecule has 0 saturated heterocycles. The zero-order valence-corrected chi connectivity index (χ0v) is 14.1. The second kappa shape index (κ2) is 7.08. The van der Waals surface area contributed by atoms with Gasteiger partial charge in [-0.3, -0.25) is 0 Å². The average Bonchev–Trinajstić information content (AvgIpc) is 2.90. The lowest BCUT2D eigenvalue weighted by molar-refractivity contribution is 0.523. The van der Waals surface area contributed by atoms with Crippen molar-refractivity contribution in [2.45, 2.75) is 42.2 Å². The molecule has 0 aliphatic rings. The predicted molar refractivity (Wildman–Crippen MR) is 84.2 cm³/mol. The van der Waals surface area contributed by atoms with Crippen LogP contribution in [0.2, 0.25) is 0 Å². The number of hydrogen-bond donors (Lipinski definition) is 2. The minimum Gasteiger partial charge on any atom is -0.326 e. The van der Waals surface area contributed by atoms with Crippen LogP contribution in [0.5, 0.6) is 0 Å². The van der Waals surface area contributed by atoms with Crippen molar-refractivity contribution in [3.8, 4) is 0 Å². The summed E-state index contributed by atoms with van der Waals surface area (Å²) in [6.45, 7) is 5.00. The van der Waals surface area contributed by atoms with E-state index in [9.17, 15) is 8.42 Å². The van der Waals surface area contributed by atoms with Crippen molar-refractivity contribution in [3.63, 3.8) is 0 Å². The molecule has 0 aliphatic carbocycles. The molecule has 0 fully saturated rings. The summed E-state index contributed by atoms with van der Waals surface area (Å²) in [5, 5.41) is 1.79.